The average Bonchev–Trinajstić information content (AvgIpc) is 2.37. The van der Waals surface area contributed by atoms with Crippen LogP contribution in [-0.4, -0.2) is 28.9 Å². The van der Waals surface area contributed by atoms with E-state index in [1.807, 2.05) is 12.1 Å². The van der Waals surface area contributed by atoms with Crippen LogP contribution in [0.15, 0.2) is 28.7 Å². The number of halogens is 1. The van der Waals surface area contributed by atoms with E-state index in [4.69, 9.17) is 0 Å². The topological polar surface area (TPSA) is 74.8 Å². The van der Waals surface area contributed by atoms with Crippen molar-refractivity contribution in [2.45, 2.75) is 57.7 Å². The standard InChI is InChI=1S/C17H24BrN3O2/c1-16(2)9-13(10-17(3,4)21-16)20-15(23)14(22)19-12-7-5-11(18)6-8-12/h5-8,13,21H,9-10H2,1-4H3,(H,19,22)(H,20,23)/p+1. The molecule has 1 aliphatic heterocycles. The number of rotatable bonds is 2. The second kappa shape index (κ2) is 6.61. The first-order valence-corrected chi connectivity index (χ1v) is 8.60. The number of piperidine rings is 1. The Labute approximate surface area is 145 Å². The number of benzene rings is 1. The monoisotopic (exact) mass is 382 g/mol. The van der Waals surface area contributed by atoms with Crippen LogP contribution in [0.4, 0.5) is 5.69 Å². The van der Waals surface area contributed by atoms with Gasteiger partial charge in [0.2, 0.25) is 0 Å². The van der Waals surface area contributed by atoms with Gasteiger partial charge in [-0.2, -0.15) is 0 Å². The number of anilines is 1. The van der Waals surface area contributed by atoms with Crippen molar-refractivity contribution in [2.24, 2.45) is 0 Å². The van der Waals surface area contributed by atoms with E-state index < -0.39 is 11.8 Å². The fraction of sp³-hybridized carbons (Fsp3) is 0.529. The van der Waals surface area contributed by atoms with Gasteiger partial charge in [0.05, 0.1) is 11.1 Å². The molecule has 0 radical (unpaired) electrons. The lowest BCUT2D eigenvalue weighted by molar-refractivity contribution is -0.787. The zero-order chi connectivity index (χ0) is 17.3. The van der Waals surface area contributed by atoms with E-state index in [9.17, 15) is 9.59 Å². The van der Waals surface area contributed by atoms with Gasteiger partial charge < -0.3 is 16.0 Å². The molecular weight excluding hydrogens is 358 g/mol. The fourth-order valence-corrected chi connectivity index (χ4v) is 3.86. The number of carbonyl (C=O) groups excluding carboxylic acids is 2. The van der Waals surface area contributed by atoms with Crippen molar-refractivity contribution in [3.8, 4) is 0 Å². The van der Waals surface area contributed by atoms with Crippen LogP contribution < -0.4 is 16.0 Å². The molecule has 0 bridgehead atoms. The van der Waals surface area contributed by atoms with Crippen molar-refractivity contribution < 1.29 is 14.9 Å². The van der Waals surface area contributed by atoms with Crippen molar-refractivity contribution in [1.82, 2.24) is 5.32 Å². The Kier molecular flexibility index (Phi) is 5.16. The summed E-state index contributed by atoms with van der Waals surface area (Å²) in [4.78, 5) is 24.2. The fourth-order valence-electron chi connectivity index (χ4n) is 3.59. The highest BCUT2D eigenvalue weighted by molar-refractivity contribution is 9.10. The van der Waals surface area contributed by atoms with E-state index in [1.165, 1.54) is 0 Å². The van der Waals surface area contributed by atoms with Gasteiger partial charge in [-0.1, -0.05) is 15.9 Å². The van der Waals surface area contributed by atoms with Crippen LogP contribution in [0, 0.1) is 0 Å². The quantitative estimate of drug-likeness (QED) is 0.682. The third-order valence-electron chi connectivity index (χ3n) is 3.97. The molecule has 0 aromatic heterocycles. The van der Waals surface area contributed by atoms with Crippen LogP contribution in [0.5, 0.6) is 0 Å². The van der Waals surface area contributed by atoms with Gasteiger partial charge in [0.15, 0.2) is 0 Å². The Morgan fingerprint density at radius 2 is 1.57 bits per heavy atom. The SMILES string of the molecule is CC1(C)CC(NC(=O)C(=O)Nc2ccc(Br)cc2)CC(C)(C)[NH2+]1. The summed E-state index contributed by atoms with van der Waals surface area (Å²) in [5, 5.41) is 7.84. The molecule has 1 fully saturated rings. The third-order valence-corrected chi connectivity index (χ3v) is 4.50. The number of amides is 2. The lowest BCUT2D eigenvalue weighted by atomic mass is 9.79. The molecule has 0 aliphatic carbocycles. The summed E-state index contributed by atoms with van der Waals surface area (Å²) in [6.45, 7) is 8.65. The van der Waals surface area contributed by atoms with Crippen LogP contribution in [-0.2, 0) is 9.59 Å². The lowest BCUT2D eigenvalue weighted by Crippen LogP contribution is -3.06. The minimum absolute atomic E-state index is 0.00756. The van der Waals surface area contributed by atoms with E-state index in [0.29, 0.717) is 5.69 Å². The van der Waals surface area contributed by atoms with Gasteiger partial charge >= 0.3 is 11.8 Å². The van der Waals surface area contributed by atoms with Gasteiger partial charge in [0.25, 0.3) is 0 Å². The molecule has 0 atom stereocenters. The first-order chi connectivity index (χ1) is 10.6. The molecule has 0 unspecified atom stereocenters. The Balaban J connectivity index is 1.95. The van der Waals surface area contributed by atoms with Crippen LogP contribution in [0.2, 0.25) is 0 Å². The van der Waals surface area contributed by atoms with E-state index >= 15 is 0 Å². The summed E-state index contributed by atoms with van der Waals surface area (Å²) in [6.07, 6.45) is 1.68. The normalized spacial score (nSPS) is 19.9. The third kappa shape index (κ3) is 5.32. The van der Waals surface area contributed by atoms with Gasteiger partial charge in [-0.15, -0.1) is 0 Å². The molecule has 1 aromatic carbocycles. The molecule has 126 valence electrons. The van der Waals surface area contributed by atoms with Crippen molar-refractivity contribution in [2.75, 3.05) is 5.32 Å². The van der Waals surface area contributed by atoms with Gasteiger partial charge in [-0.25, -0.2) is 0 Å². The second-order valence-corrected chi connectivity index (χ2v) is 8.58. The maximum absolute atomic E-state index is 12.2. The van der Waals surface area contributed by atoms with E-state index in [1.54, 1.807) is 12.1 Å². The average molecular weight is 383 g/mol. The highest BCUT2D eigenvalue weighted by atomic mass is 79.9. The molecule has 0 spiro atoms. The summed E-state index contributed by atoms with van der Waals surface area (Å²) in [5.41, 5.74) is 0.690. The molecule has 1 aromatic rings. The summed E-state index contributed by atoms with van der Waals surface area (Å²) in [7, 11) is 0. The maximum Gasteiger partial charge on any atom is 0.313 e. The van der Waals surface area contributed by atoms with E-state index in [-0.39, 0.29) is 17.1 Å². The first-order valence-electron chi connectivity index (χ1n) is 7.81. The Hall–Kier alpha value is -1.40. The molecule has 1 saturated heterocycles. The Bertz CT molecular complexity index is 580. The zero-order valence-electron chi connectivity index (χ0n) is 14.1. The minimum Gasteiger partial charge on any atom is -0.345 e. The van der Waals surface area contributed by atoms with Crippen LogP contribution in [0.3, 0.4) is 0 Å². The van der Waals surface area contributed by atoms with Crippen LogP contribution in [0.1, 0.15) is 40.5 Å². The van der Waals surface area contributed by atoms with Gasteiger partial charge in [0.1, 0.15) is 0 Å². The molecule has 2 amide bonds. The number of nitrogens with two attached hydrogens (primary N) is 1. The van der Waals surface area contributed by atoms with E-state index in [2.05, 4.69) is 59.6 Å². The van der Waals surface area contributed by atoms with Crippen LogP contribution in [0.25, 0.3) is 0 Å². The van der Waals surface area contributed by atoms with Crippen molar-refractivity contribution >= 4 is 33.4 Å². The zero-order valence-corrected chi connectivity index (χ0v) is 15.7. The summed E-state index contributed by atoms with van der Waals surface area (Å²) < 4.78 is 0.919. The molecule has 23 heavy (non-hydrogen) atoms. The first kappa shape index (κ1) is 17.9. The molecule has 1 aliphatic rings. The number of hydrogen-bond donors (Lipinski definition) is 3. The number of carbonyl (C=O) groups is 2. The van der Waals surface area contributed by atoms with Gasteiger partial charge in [0, 0.05) is 29.0 Å². The molecule has 0 saturated carbocycles. The Morgan fingerprint density at radius 1 is 1.04 bits per heavy atom. The second-order valence-electron chi connectivity index (χ2n) is 7.66. The van der Waals surface area contributed by atoms with E-state index in [0.717, 1.165) is 17.3 Å². The predicted molar refractivity (Wildman–Crippen MR) is 94.0 cm³/mol. The number of nitrogens with one attached hydrogen (secondary N) is 2. The minimum atomic E-state index is -0.627. The molecule has 5 nitrogen and oxygen atoms in total. The highest BCUT2D eigenvalue weighted by Gasteiger charge is 2.42. The molecular formula is C17H25BrN3O2+. The summed E-state index contributed by atoms with van der Waals surface area (Å²) >= 11 is 3.33. The molecule has 6 heteroatoms. The molecule has 4 N–H and O–H groups in total. The number of hydrogen-bond acceptors (Lipinski definition) is 2. The van der Waals surface area contributed by atoms with Gasteiger partial charge in [-0.05, 0) is 52.0 Å². The van der Waals surface area contributed by atoms with Crippen molar-refractivity contribution in [1.29, 1.82) is 0 Å². The van der Waals surface area contributed by atoms with Crippen molar-refractivity contribution in [3.05, 3.63) is 28.7 Å². The smallest absolute Gasteiger partial charge is 0.313 e. The number of quaternary nitrogens is 1. The predicted octanol–water partition coefficient (Wildman–Crippen LogP) is 1.79. The van der Waals surface area contributed by atoms with Crippen molar-refractivity contribution in [3.63, 3.8) is 0 Å². The molecule has 1 heterocycles. The molecule has 2 rings (SSSR count). The van der Waals surface area contributed by atoms with Gasteiger partial charge in [-0.3, -0.25) is 9.59 Å². The summed E-state index contributed by atoms with van der Waals surface area (Å²) in [6, 6.07) is 7.13. The largest absolute Gasteiger partial charge is 0.345 e. The summed E-state index contributed by atoms with van der Waals surface area (Å²) in [5.74, 6) is -1.20. The Morgan fingerprint density at radius 3 is 2.09 bits per heavy atom. The maximum atomic E-state index is 12.2. The van der Waals surface area contributed by atoms with Crippen LogP contribution >= 0.6 is 15.9 Å². The highest BCUT2D eigenvalue weighted by Crippen LogP contribution is 2.21. The lowest BCUT2D eigenvalue weighted by Gasteiger charge is -2.43.